The predicted molar refractivity (Wildman–Crippen MR) is 75.2 cm³/mol. The third kappa shape index (κ3) is 3.45. The van der Waals surface area contributed by atoms with Crippen molar-refractivity contribution in [2.45, 2.75) is 6.61 Å². The number of nitrogens with zero attached hydrogens (tertiary/aromatic N) is 2. The smallest absolute Gasteiger partial charge is 0.173 e. The van der Waals surface area contributed by atoms with Crippen LogP contribution in [-0.4, -0.2) is 16.0 Å². The van der Waals surface area contributed by atoms with E-state index >= 15 is 0 Å². The van der Waals surface area contributed by atoms with Crippen molar-refractivity contribution in [3.63, 3.8) is 0 Å². The zero-order chi connectivity index (χ0) is 13.7. The van der Waals surface area contributed by atoms with Gasteiger partial charge in [-0.25, -0.2) is 0 Å². The molecule has 1 heterocycles. The van der Waals surface area contributed by atoms with Crippen molar-refractivity contribution in [1.29, 1.82) is 0 Å². The lowest BCUT2D eigenvalue weighted by Gasteiger charge is -2.11. The Balaban J connectivity index is 2.20. The van der Waals surface area contributed by atoms with Crippen molar-refractivity contribution in [3.8, 4) is 5.75 Å². The van der Waals surface area contributed by atoms with E-state index in [1.807, 2.05) is 18.2 Å². The topological polar surface area (TPSA) is 80.7 Å². The Bertz CT molecular complexity index is 588. The summed E-state index contributed by atoms with van der Waals surface area (Å²) in [7, 11) is 0. The molecule has 0 spiro atoms. The summed E-state index contributed by atoms with van der Waals surface area (Å²) in [6.45, 7) is 0.362. The maximum Gasteiger partial charge on any atom is 0.173 e. The highest BCUT2D eigenvalue weighted by molar-refractivity contribution is 9.10. The SMILES string of the molecule is N/C(=N/O)c1cc(Br)ccc1OCc1cccnc1. The Hall–Kier alpha value is -2.08. The van der Waals surface area contributed by atoms with Gasteiger partial charge in [-0.3, -0.25) is 4.98 Å². The van der Waals surface area contributed by atoms with Gasteiger partial charge in [0.05, 0.1) is 5.56 Å². The maximum absolute atomic E-state index is 8.77. The number of aromatic nitrogens is 1. The molecule has 5 nitrogen and oxygen atoms in total. The van der Waals surface area contributed by atoms with Crippen molar-refractivity contribution in [2.75, 3.05) is 0 Å². The lowest BCUT2D eigenvalue weighted by atomic mass is 10.2. The van der Waals surface area contributed by atoms with Crippen LogP contribution in [0.3, 0.4) is 0 Å². The quantitative estimate of drug-likeness (QED) is 0.392. The number of pyridine rings is 1. The van der Waals surface area contributed by atoms with Crippen LogP contribution in [0.4, 0.5) is 0 Å². The van der Waals surface area contributed by atoms with Crippen molar-refractivity contribution in [2.24, 2.45) is 10.9 Å². The van der Waals surface area contributed by atoms with Gasteiger partial charge in [-0.1, -0.05) is 27.2 Å². The van der Waals surface area contributed by atoms with Gasteiger partial charge in [-0.15, -0.1) is 0 Å². The Labute approximate surface area is 118 Å². The van der Waals surface area contributed by atoms with Crippen LogP contribution in [0.2, 0.25) is 0 Å². The van der Waals surface area contributed by atoms with Gasteiger partial charge in [0.1, 0.15) is 12.4 Å². The molecule has 0 aliphatic heterocycles. The number of hydrogen-bond donors (Lipinski definition) is 2. The van der Waals surface area contributed by atoms with E-state index in [0.29, 0.717) is 17.9 Å². The van der Waals surface area contributed by atoms with Gasteiger partial charge < -0.3 is 15.7 Å². The molecule has 0 aliphatic carbocycles. The first-order valence-corrected chi connectivity index (χ1v) is 6.29. The monoisotopic (exact) mass is 321 g/mol. The standard InChI is InChI=1S/C13H12BrN3O2/c14-10-3-4-12(11(6-10)13(15)17-18)19-8-9-2-1-5-16-7-9/h1-7,18H,8H2,(H2,15,17). The van der Waals surface area contributed by atoms with Crippen LogP contribution in [-0.2, 0) is 6.61 Å². The number of halogens is 1. The summed E-state index contributed by atoms with van der Waals surface area (Å²) in [4.78, 5) is 4.01. The minimum absolute atomic E-state index is 0.00230. The summed E-state index contributed by atoms with van der Waals surface area (Å²) in [5, 5.41) is 11.8. The molecule has 2 aromatic rings. The number of hydrogen-bond acceptors (Lipinski definition) is 4. The first kappa shape index (κ1) is 13.4. The molecule has 19 heavy (non-hydrogen) atoms. The van der Waals surface area contributed by atoms with Crippen molar-refractivity contribution in [3.05, 3.63) is 58.3 Å². The summed E-state index contributed by atoms with van der Waals surface area (Å²) in [6.07, 6.45) is 3.42. The van der Waals surface area contributed by atoms with E-state index in [9.17, 15) is 0 Å². The normalized spacial score (nSPS) is 11.3. The molecule has 0 amide bonds. The van der Waals surface area contributed by atoms with Crippen molar-refractivity contribution < 1.29 is 9.94 Å². The number of rotatable bonds is 4. The molecular formula is C13H12BrN3O2. The molecule has 0 aliphatic rings. The van der Waals surface area contributed by atoms with Gasteiger partial charge in [0.2, 0.25) is 0 Å². The van der Waals surface area contributed by atoms with Crippen LogP contribution in [0.1, 0.15) is 11.1 Å². The Morgan fingerprint density at radius 1 is 1.42 bits per heavy atom. The molecule has 0 unspecified atom stereocenters. The predicted octanol–water partition coefficient (Wildman–Crippen LogP) is 2.52. The molecule has 1 aromatic heterocycles. The minimum atomic E-state index is 0.00230. The zero-order valence-corrected chi connectivity index (χ0v) is 11.5. The molecule has 0 saturated heterocycles. The van der Waals surface area contributed by atoms with E-state index in [4.69, 9.17) is 15.7 Å². The summed E-state index contributed by atoms with van der Waals surface area (Å²) >= 11 is 3.33. The highest BCUT2D eigenvalue weighted by Crippen LogP contribution is 2.23. The van der Waals surface area contributed by atoms with E-state index in [0.717, 1.165) is 10.0 Å². The fraction of sp³-hybridized carbons (Fsp3) is 0.0769. The molecular weight excluding hydrogens is 310 g/mol. The average Bonchev–Trinajstić information content (AvgIpc) is 2.46. The summed E-state index contributed by atoms with van der Waals surface area (Å²) in [5.74, 6) is 0.546. The van der Waals surface area contributed by atoms with Gasteiger partial charge in [-0.05, 0) is 24.3 Å². The number of oxime groups is 1. The van der Waals surface area contributed by atoms with Gasteiger partial charge in [0.25, 0.3) is 0 Å². The molecule has 0 bridgehead atoms. The van der Waals surface area contributed by atoms with Crippen LogP contribution < -0.4 is 10.5 Å². The highest BCUT2D eigenvalue weighted by Gasteiger charge is 2.09. The second-order valence-corrected chi connectivity index (χ2v) is 4.69. The lowest BCUT2D eigenvalue weighted by molar-refractivity contribution is 0.302. The van der Waals surface area contributed by atoms with E-state index in [2.05, 4.69) is 26.1 Å². The Morgan fingerprint density at radius 2 is 2.26 bits per heavy atom. The van der Waals surface area contributed by atoms with Crippen molar-refractivity contribution in [1.82, 2.24) is 4.98 Å². The van der Waals surface area contributed by atoms with Crippen LogP contribution in [0, 0.1) is 0 Å². The molecule has 98 valence electrons. The fourth-order valence-electron chi connectivity index (χ4n) is 1.53. The second kappa shape index (κ2) is 6.19. The summed E-state index contributed by atoms with van der Waals surface area (Å²) < 4.78 is 6.49. The molecule has 1 aromatic carbocycles. The lowest BCUT2D eigenvalue weighted by Crippen LogP contribution is -2.15. The van der Waals surface area contributed by atoms with E-state index in [-0.39, 0.29) is 5.84 Å². The van der Waals surface area contributed by atoms with E-state index in [1.165, 1.54) is 0 Å². The molecule has 0 fully saturated rings. The fourth-order valence-corrected chi connectivity index (χ4v) is 1.89. The van der Waals surface area contributed by atoms with Crippen LogP contribution in [0.15, 0.2) is 52.4 Å². The number of nitrogens with two attached hydrogens (primary N) is 1. The number of benzene rings is 1. The zero-order valence-electron chi connectivity index (χ0n) is 9.95. The third-order valence-corrected chi connectivity index (χ3v) is 2.94. The summed E-state index contributed by atoms with van der Waals surface area (Å²) in [5.41, 5.74) is 7.09. The molecule has 0 radical (unpaired) electrons. The maximum atomic E-state index is 8.77. The number of ether oxygens (including phenoxy) is 1. The van der Waals surface area contributed by atoms with Crippen LogP contribution in [0.25, 0.3) is 0 Å². The molecule has 3 N–H and O–H groups in total. The molecule has 0 saturated carbocycles. The second-order valence-electron chi connectivity index (χ2n) is 3.78. The number of amidine groups is 1. The molecule has 2 rings (SSSR count). The average molecular weight is 322 g/mol. The summed E-state index contributed by atoms with van der Waals surface area (Å²) in [6, 6.07) is 9.06. The molecule has 6 heteroatoms. The van der Waals surface area contributed by atoms with Gasteiger partial charge >= 0.3 is 0 Å². The third-order valence-electron chi connectivity index (χ3n) is 2.44. The van der Waals surface area contributed by atoms with Crippen LogP contribution in [0.5, 0.6) is 5.75 Å². The highest BCUT2D eigenvalue weighted by atomic mass is 79.9. The van der Waals surface area contributed by atoms with Gasteiger partial charge in [-0.2, -0.15) is 0 Å². The first-order valence-electron chi connectivity index (χ1n) is 5.50. The first-order chi connectivity index (χ1) is 9.20. The van der Waals surface area contributed by atoms with Gasteiger partial charge in [0, 0.05) is 22.4 Å². The van der Waals surface area contributed by atoms with Gasteiger partial charge in [0.15, 0.2) is 5.84 Å². The van der Waals surface area contributed by atoms with E-state index in [1.54, 1.807) is 24.5 Å². The van der Waals surface area contributed by atoms with E-state index < -0.39 is 0 Å². The minimum Gasteiger partial charge on any atom is -0.488 e. The molecule has 0 atom stereocenters. The van der Waals surface area contributed by atoms with Crippen LogP contribution >= 0.6 is 15.9 Å². The Kier molecular flexibility index (Phi) is 4.35. The largest absolute Gasteiger partial charge is 0.488 e. The van der Waals surface area contributed by atoms with Crippen molar-refractivity contribution >= 4 is 21.8 Å². The Morgan fingerprint density at radius 3 is 2.95 bits per heavy atom.